The van der Waals surface area contributed by atoms with E-state index in [-0.39, 0.29) is 37.6 Å². The van der Waals surface area contributed by atoms with Gasteiger partial charge in [0.25, 0.3) is 0 Å². The van der Waals surface area contributed by atoms with Crippen LogP contribution in [0.25, 0.3) is 0 Å². The van der Waals surface area contributed by atoms with Crippen LogP contribution >= 0.6 is 0 Å². The van der Waals surface area contributed by atoms with Crippen molar-refractivity contribution < 1.29 is 32.7 Å². The van der Waals surface area contributed by atoms with E-state index in [0.717, 1.165) is 13.1 Å². The van der Waals surface area contributed by atoms with E-state index in [1.165, 1.54) is 6.92 Å². The number of carbonyl (C=O) groups is 3. The van der Waals surface area contributed by atoms with Crippen molar-refractivity contribution in [3.05, 3.63) is 22.1 Å². The van der Waals surface area contributed by atoms with Gasteiger partial charge in [0.05, 0.1) is 6.21 Å². The number of esters is 1. The highest BCUT2D eigenvalue weighted by molar-refractivity contribution is 6.26. The monoisotopic (exact) mass is 413 g/mol. The van der Waals surface area contributed by atoms with Crippen LogP contribution in [0.1, 0.15) is 38.2 Å². The summed E-state index contributed by atoms with van der Waals surface area (Å²) in [5.41, 5.74) is 0. The molecule has 29 heavy (non-hydrogen) atoms. The van der Waals surface area contributed by atoms with Gasteiger partial charge in [-0.3, -0.25) is 4.79 Å². The largest absolute Gasteiger partial charge is 0.519 e. The summed E-state index contributed by atoms with van der Waals surface area (Å²) < 4.78 is 19.5. The normalized spacial score (nSPS) is 11.7. The van der Waals surface area contributed by atoms with Gasteiger partial charge in [0.1, 0.15) is 12.6 Å². The van der Waals surface area contributed by atoms with Gasteiger partial charge in [-0.1, -0.05) is 13.8 Å². The molecular formula is C18H27N3O8. The molecule has 11 nitrogen and oxygen atoms in total. The molecule has 1 aromatic rings. The minimum absolute atomic E-state index is 0.0440. The standard InChI is InChI=1S/C18H27N3O8/c1-4-21(5-2)8-9-26-16(23)14(7-6-13(22)10-19)20-17(24)27-11-15-12(3)28-18(25)29-15/h10,14,19H,4-9,11H2,1-3H3,(H,20,24). The van der Waals surface area contributed by atoms with Gasteiger partial charge >= 0.3 is 17.9 Å². The van der Waals surface area contributed by atoms with E-state index in [9.17, 15) is 19.2 Å². The summed E-state index contributed by atoms with van der Waals surface area (Å²) in [6.07, 6.45) is -0.478. The van der Waals surface area contributed by atoms with Crippen LogP contribution in [0.3, 0.4) is 0 Å². The maximum Gasteiger partial charge on any atom is 0.519 e. The van der Waals surface area contributed by atoms with Crippen LogP contribution in [-0.4, -0.2) is 61.2 Å². The molecule has 0 spiro atoms. The molecule has 0 saturated carbocycles. The van der Waals surface area contributed by atoms with E-state index in [0.29, 0.717) is 12.8 Å². The number of rotatable bonds is 13. The van der Waals surface area contributed by atoms with Crippen LogP contribution < -0.4 is 11.1 Å². The number of hydrogen-bond acceptors (Lipinski definition) is 10. The van der Waals surface area contributed by atoms with E-state index in [2.05, 4.69) is 14.6 Å². The number of Topliss-reactive ketones (excluding diaryl/α,β-unsaturated/α-hetero) is 1. The second-order valence-electron chi connectivity index (χ2n) is 6.05. The molecule has 162 valence electrons. The summed E-state index contributed by atoms with van der Waals surface area (Å²) in [6, 6.07) is -1.12. The zero-order chi connectivity index (χ0) is 21.8. The topological polar surface area (TPSA) is 152 Å². The molecule has 0 bridgehead atoms. The lowest BCUT2D eigenvalue weighted by molar-refractivity contribution is -0.146. The zero-order valence-electron chi connectivity index (χ0n) is 16.8. The molecule has 0 aliphatic carbocycles. The maximum absolute atomic E-state index is 12.3. The summed E-state index contributed by atoms with van der Waals surface area (Å²) in [4.78, 5) is 48.7. The lowest BCUT2D eigenvalue weighted by Gasteiger charge is -2.20. The predicted molar refractivity (Wildman–Crippen MR) is 101 cm³/mol. The highest BCUT2D eigenvalue weighted by Crippen LogP contribution is 2.07. The molecular weight excluding hydrogens is 386 g/mol. The second kappa shape index (κ2) is 12.5. The van der Waals surface area contributed by atoms with Gasteiger partial charge in [-0.05, 0) is 26.4 Å². The van der Waals surface area contributed by atoms with Crippen molar-refractivity contribution in [1.82, 2.24) is 10.2 Å². The fourth-order valence-electron chi connectivity index (χ4n) is 2.34. The van der Waals surface area contributed by atoms with E-state index < -0.39 is 29.7 Å². The molecule has 0 aliphatic rings. The van der Waals surface area contributed by atoms with E-state index in [1.807, 2.05) is 13.8 Å². The van der Waals surface area contributed by atoms with E-state index in [4.69, 9.17) is 19.3 Å². The highest BCUT2D eigenvalue weighted by atomic mass is 16.6. The number of aryl methyl sites for hydroxylation is 1. The van der Waals surface area contributed by atoms with Gasteiger partial charge in [0.2, 0.25) is 0 Å². The molecule has 0 aromatic carbocycles. The smallest absolute Gasteiger partial charge is 0.463 e. The fourth-order valence-corrected chi connectivity index (χ4v) is 2.34. The van der Waals surface area contributed by atoms with E-state index in [1.54, 1.807) is 0 Å². The molecule has 0 fully saturated rings. The van der Waals surface area contributed by atoms with Gasteiger partial charge in [-0.25, -0.2) is 14.4 Å². The molecule has 11 heteroatoms. The summed E-state index contributed by atoms with van der Waals surface area (Å²) in [7, 11) is 0. The molecule has 1 unspecified atom stereocenters. The van der Waals surface area contributed by atoms with E-state index >= 15 is 0 Å². The number of amides is 1. The average molecular weight is 413 g/mol. The third-order valence-corrected chi connectivity index (χ3v) is 4.13. The van der Waals surface area contributed by atoms with Crippen molar-refractivity contribution in [2.75, 3.05) is 26.2 Å². The Hall–Kier alpha value is -2.95. The molecule has 0 saturated heterocycles. The van der Waals surface area contributed by atoms with Gasteiger partial charge in [0.15, 0.2) is 23.9 Å². The van der Waals surface area contributed by atoms with Crippen molar-refractivity contribution in [1.29, 1.82) is 5.41 Å². The number of hydrogen-bond donors (Lipinski definition) is 2. The number of carbonyl (C=O) groups excluding carboxylic acids is 3. The Morgan fingerprint density at radius 2 is 1.90 bits per heavy atom. The maximum atomic E-state index is 12.3. The molecule has 1 aromatic heterocycles. The minimum atomic E-state index is -1.12. The molecule has 1 amide bonds. The van der Waals surface area contributed by atoms with Crippen LogP contribution in [0.15, 0.2) is 13.6 Å². The summed E-state index contributed by atoms with van der Waals surface area (Å²) in [5.74, 6) is -1.90. The number of ketones is 1. The first-order valence-electron chi connectivity index (χ1n) is 9.25. The molecule has 1 rings (SSSR count). The lowest BCUT2D eigenvalue weighted by atomic mass is 10.1. The Balaban J connectivity index is 2.62. The van der Waals surface area contributed by atoms with Crippen LogP contribution in [0.2, 0.25) is 0 Å². The van der Waals surface area contributed by atoms with Crippen LogP contribution in [0.4, 0.5) is 4.79 Å². The Labute approximate surface area is 167 Å². The van der Waals surface area contributed by atoms with Gasteiger partial charge in [-0.2, -0.15) is 0 Å². The molecule has 1 atom stereocenters. The van der Waals surface area contributed by atoms with Gasteiger partial charge in [-0.15, -0.1) is 0 Å². The molecule has 2 N–H and O–H groups in total. The second-order valence-corrected chi connectivity index (χ2v) is 6.05. The van der Waals surface area contributed by atoms with Crippen molar-refractivity contribution in [3.63, 3.8) is 0 Å². The predicted octanol–water partition coefficient (Wildman–Crippen LogP) is 1.02. The highest BCUT2D eigenvalue weighted by Gasteiger charge is 2.24. The number of nitrogens with zero attached hydrogens (tertiary/aromatic N) is 1. The van der Waals surface area contributed by atoms with Crippen molar-refractivity contribution in [2.45, 2.75) is 46.3 Å². The van der Waals surface area contributed by atoms with Crippen LogP contribution in [0, 0.1) is 12.3 Å². The Kier molecular flexibility index (Phi) is 10.4. The molecule has 0 radical (unpaired) electrons. The summed E-state index contributed by atoms with van der Waals surface area (Å²) in [5, 5.41) is 9.26. The minimum Gasteiger partial charge on any atom is -0.463 e. The Morgan fingerprint density at radius 1 is 1.21 bits per heavy atom. The average Bonchev–Trinajstić information content (AvgIpc) is 3.03. The van der Waals surface area contributed by atoms with Crippen molar-refractivity contribution >= 4 is 24.1 Å². The SMILES string of the molecule is CCN(CC)CCOC(=O)C(CCC(=O)C=N)NC(=O)OCc1oc(=O)oc1C. The third-order valence-electron chi connectivity index (χ3n) is 4.13. The number of likely N-dealkylation sites (N-methyl/N-ethyl adjacent to an activating group) is 1. The van der Waals surface area contributed by atoms with Crippen molar-refractivity contribution in [3.8, 4) is 0 Å². The zero-order valence-corrected chi connectivity index (χ0v) is 16.8. The summed E-state index contributed by atoms with van der Waals surface area (Å²) >= 11 is 0. The fraction of sp³-hybridized carbons (Fsp3) is 0.611. The number of ether oxygens (including phenoxy) is 2. The van der Waals surface area contributed by atoms with Crippen LogP contribution in [-0.2, 0) is 25.7 Å². The molecule has 1 heterocycles. The molecule has 0 aliphatic heterocycles. The van der Waals surface area contributed by atoms with Gasteiger partial charge < -0.3 is 33.9 Å². The first-order valence-corrected chi connectivity index (χ1v) is 9.25. The summed E-state index contributed by atoms with van der Waals surface area (Å²) in [6.45, 7) is 7.35. The first-order chi connectivity index (χ1) is 13.8. The van der Waals surface area contributed by atoms with Gasteiger partial charge in [0, 0.05) is 13.0 Å². The quantitative estimate of drug-likeness (QED) is 0.356. The third kappa shape index (κ3) is 8.73. The number of nitrogens with one attached hydrogen (secondary N) is 2. The Morgan fingerprint density at radius 3 is 2.45 bits per heavy atom. The van der Waals surface area contributed by atoms with Crippen LogP contribution in [0.5, 0.6) is 0 Å². The number of alkyl carbamates (subject to hydrolysis) is 1. The first kappa shape index (κ1) is 24.1. The Bertz CT molecular complexity index is 751. The lowest BCUT2D eigenvalue weighted by Crippen LogP contribution is -2.43. The van der Waals surface area contributed by atoms with Crippen molar-refractivity contribution in [2.24, 2.45) is 0 Å².